The summed E-state index contributed by atoms with van der Waals surface area (Å²) in [6, 6.07) is 0. The fourth-order valence-corrected chi connectivity index (χ4v) is 5.13. The topological polar surface area (TPSA) is 72.9 Å². The zero-order chi connectivity index (χ0) is 17.9. The number of hydrogen-bond acceptors (Lipinski definition) is 4. The minimum absolute atomic E-state index is 0.235. The number of carbonyl (C=O) groups is 1. The van der Waals surface area contributed by atoms with Crippen molar-refractivity contribution in [1.29, 1.82) is 0 Å². The van der Waals surface area contributed by atoms with Crippen molar-refractivity contribution in [1.82, 2.24) is 19.3 Å². The molecule has 134 valence electrons. The number of hydrogen-bond donors (Lipinski definition) is 1. The Morgan fingerprint density at radius 3 is 2.48 bits per heavy atom. The van der Waals surface area contributed by atoms with E-state index in [0.717, 1.165) is 24.8 Å². The first-order chi connectivity index (χ1) is 11.8. The number of aliphatic hydroxyl groups is 1. The molecule has 2 aliphatic carbocycles. The number of rotatable bonds is 3. The molecule has 2 unspecified atom stereocenters. The molecule has 2 aromatic heterocycles. The van der Waals surface area contributed by atoms with Gasteiger partial charge in [-0.3, -0.25) is 9.48 Å². The summed E-state index contributed by atoms with van der Waals surface area (Å²) in [5.74, 6) is 0.464. The number of fused-ring (bicyclic) bond motifs is 1. The molecule has 2 fully saturated rings. The van der Waals surface area contributed by atoms with E-state index in [1.54, 1.807) is 24.9 Å². The van der Waals surface area contributed by atoms with Crippen molar-refractivity contribution in [3.05, 3.63) is 34.9 Å². The zero-order valence-electron chi connectivity index (χ0n) is 14.7. The van der Waals surface area contributed by atoms with Gasteiger partial charge in [0.2, 0.25) is 0 Å². The first-order valence-corrected chi connectivity index (χ1v) is 8.72. The van der Waals surface area contributed by atoms with E-state index in [4.69, 9.17) is 0 Å². The number of aldehydes is 1. The third-order valence-corrected chi connectivity index (χ3v) is 6.14. The Morgan fingerprint density at radius 1 is 1.32 bits per heavy atom. The fraction of sp³-hybridized carbons (Fsp3) is 0.611. The van der Waals surface area contributed by atoms with Gasteiger partial charge in [0.05, 0.1) is 17.7 Å². The van der Waals surface area contributed by atoms with E-state index in [1.165, 1.54) is 4.68 Å². The van der Waals surface area contributed by atoms with Gasteiger partial charge < -0.3 is 9.67 Å². The molecule has 2 atom stereocenters. The normalized spacial score (nSPS) is 31.5. The average molecular weight is 346 g/mol. The lowest BCUT2D eigenvalue weighted by molar-refractivity contribution is 0.0227. The Hall–Kier alpha value is -2.02. The second-order valence-corrected chi connectivity index (χ2v) is 7.74. The molecule has 0 aliphatic heterocycles. The predicted octanol–water partition coefficient (Wildman–Crippen LogP) is 2.21. The summed E-state index contributed by atoms with van der Waals surface area (Å²) >= 11 is 0. The number of aryl methyl sites for hydroxylation is 3. The van der Waals surface area contributed by atoms with Gasteiger partial charge in [0, 0.05) is 20.0 Å². The third-order valence-electron chi connectivity index (χ3n) is 6.14. The van der Waals surface area contributed by atoms with Gasteiger partial charge in [-0.2, -0.15) is 5.10 Å². The van der Waals surface area contributed by atoms with Gasteiger partial charge in [0.15, 0.2) is 12.1 Å². The van der Waals surface area contributed by atoms with Gasteiger partial charge in [0.1, 0.15) is 17.0 Å². The Balaban J connectivity index is 1.57. The van der Waals surface area contributed by atoms with Crippen LogP contribution in [0.1, 0.15) is 59.2 Å². The molecule has 25 heavy (non-hydrogen) atoms. The van der Waals surface area contributed by atoms with Crippen LogP contribution in [0.25, 0.3) is 0 Å². The van der Waals surface area contributed by atoms with Crippen molar-refractivity contribution in [3.63, 3.8) is 0 Å². The Labute approximate surface area is 145 Å². The second kappa shape index (κ2) is 5.49. The summed E-state index contributed by atoms with van der Waals surface area (Å²) in [4.78, 5) is 15.7. The summed E-state index contributed by atoms with van der Waals surface area (Å²) in [7, 11) is 3.51. The Bertz CT molecular complexity index is 826. The molecule has 0 spiro atoms. The largest absolute Gasteiger partial charge is 0.383 e. The maximum absolute atomic E-state index is 14.4. The molecule has 4 rings (SSSR count). The first kappa shape index (κ1) is 16.4. The van der Waals surface area contributed by atoms with Gasteiger partial charge in [-0.1, -0.05) is 0 Å². The van der Waals surface area contributed by atoms with Crippen LogP contribution in [0.3, 0.4) is 0 Å². The molecular formula is C18H23FN4O2. The van der Waals surface area contributed by atoms with E-state index in [2.05, 4.69) is 10.1 Å². The summed E-state index contributed by atoms with van der Waals surface area (Å²) in [5, 5.41) is 15.2. The number of nitrogens with zero attached hydrogens (tertiary/aromatic N) is 4. The molecule has 6 nitrogen and oxygen atoms in total. The first-order valence-electron chi connectivity index (χ1n) is 8.72. The van der Waals surface area contributed by atoms with Crippen molar-refractivity contribution >= 4 is 6.29 Å². The van der Waals surface area contributed by atoms with Crippen molar-refractivity contribution in [2.75, 3.05) is 0 Å². The summed E-state index contributed by atoms with van der Waals surface area (Å²) in [6.07, 6.45) is 5.37. The van der Waals surface area contributed by atoms with Gasteiger partial charge in [-0.05, 0) is 44.4 Å². The van der Waals surface area contributed by atoms with Gasteiger partial charge in [-0.25, -0.2) is 9.37 Å². The van der Waals surface area contributed by atoms with Crippen molar-refractivity contribution < 1.29 is 14.3 Å². The van der Waals surface area contributed by atoms with Crippen LogP contribution in [0.4, 0.5) is 4.39 Å². The summed E-state index contributed by atoms with van der Waals surface area (Å²) < 4.78 is 17.7. The van der Waals surface area contributed by atoms with Crippen LogP contribution in [0.5, 0.6) is 0 Å². The van der Waals surface area contributed by atoms with Crippen LogP contribution in [-0.2, 0) is 19.7 Å². The minimum Gasteiger partial charge on any atom is -0.383 e. The maximum atomic E-state index is 14.4. The highest BCUT2D eigenvalue weighted by atomic mass is 19.1. The molecule has 0 saturated heterocycles. The van der Waals surface area contributed by atoms with E-state index < -0.39 is 11.4 Å². The van der Waals surface area contributed by atoms with E-state index >= 15 is 0 Å². The SMILES string of the molecule is Cc1nn(C)c(C2(O)CC3CC(c4ncn(C)c4C=O)CC3C2)c1F. The van der Waals surface area contributed by atoms with E-state index in [0.29, 0.717) is 41.8 Å². The smallest absolute Gasteiger partial charge is 0.170 e. The molecule has 2 aromatic rings. The Morgan fingerprint density at radius 2 is 1.96 bits per heavy atom. The van der Waals surface area contributed by atoms with Crippen molar-refractivity contribution in [2.24, 2.45) is 25.9 Å². The number of imidazole rings is 1. The van der Waals surface area contributed by atoms with Gasteiger partial charge in [-0.15, -0.1) is 0 Å². The summed E-state index contributed by atoms with van der Waals surface area (Å²) in [5.41, 5.74) is 0.969. The van der Waals surface area contributed by atoms with Crippen LogP contribution in [0, 0.1) is 24.6 Å². The van der Waals surface area contributed by atoms with Crippen LogP contribution in [-0.4, -0.2) is 30.7 Å². The standard InChI is InChI=1S/C18H23FN4O2/c1-10-15(19)17(23(3)21-10)18(25)6-12-4-11(5-13(12)7-18)16-14(8-24)22(2)9-20-16/h8-9,11-13,25H,4-7H2,1-3H3. The molecule has 2 aliphatic rings. The van der Waals surface area contributed by atoms with Gasteiger partial charge in [0.25, 0.3) is 0 Å². The van der Waals surface area contributed by atoms with Crippen molar-refractivity contribution in [3.8, 4) is 0 Å². The minimum atomic E-state index is -1.15. The lowest BCUT2D eigenvalue weighted by atomic mass is 9.90. The molecule has 2 heterocycles. The van der Waals surface area contributed by atoms with Crippen LogP contribution < -0.4 is 0 Å². The molecule has 7 heteroatoms. The molecule has 0 amide bonds. The monoisotopic (exact) mass is 346 g/mol. The molecule has 1 N–H and O–H groups in total. The lowest BCUT2D eigenvalue weighted by Crippen LogP contribution is -2.27. The van der Waals surface area contributed by atoms with Crippen LogP contribution >= 0.6 is 0 Å². The maximum Gasteiger partial charge on any atom is 0.170 e. The van der Waals surface area contributed by atoms with E-state index in [1.807, 2.05) is 7.05 Å². The van der Waals surface area contributed by atoms with Gasteiger partial charge >= 0.3 is 0 Å². The zero-order valence-corrected chi connectivity index (χ0v) is 14.7. The number of halogens is 1. The van der Waals surface area contributed by atoms with Crippen LogP contribution in [0.2, 0.25) is 0 Å². The molecular weight excluding hydrogens is 323 g/mol. The summed E-state index contributed by atoms with van der Waals surface area (Å²) in [6.45, 7) is 1.62. The molecule has 0 aromatic carbocycles. The predicted molar refractivity (Wildman–Crippen MR) is 88.6 cm³/mol. The van der Waals surface area contributed by atoms with Crippen LogP contribution in [0.15, 0.2) is 6.33 Å². The number of aromatic nitrogens is 4. The highest BCUT2D eigenvalue weighted by molar-refractivity contribution is 5.74. The fourth-order valence-electron chi connectivity index (χ4n) is 5.13. The number of carbonyl (C=O) groups excluding carboxylic acids is 1. The third kappa shape index (κ3) is 2.36. The lowest BCUT2D eigenvalue weighted by Gasteiger charge is -2.25. The highest BCUT2D eigenvalue weighted by Crippen LogP contribution is 2.57. The second-order valence-electron chi connectivity index (χ2n) is 7.74. The molecule has 0 bridgehead atoms. The Kier molecular flexibility index (Phi) is 3.61. The molecule has 2 saturated carbocycles. The quantitative estimate of drug-likeness (QED) is 0.865. The average Bonchev–Trinajstić information content (AvgIpc) is 3.22. The van der Waals surface area contributed by atoms with E-state index in [-0.39, 0.29) is 5.92 Å². The van der Waals surface area contributed by atoms with E-state index in [9.17, 15) is 14.3 Å². The highest BCUT2D eigenvalue weighted by Gasteiger charge is 2.52. The molecule has 0 radical (unpaired) electrons. The van der Waals surface area contributed by atoms with Crippen molar-refractivity contribution in [2.45, 2.75) is 44.1 Å².